The maximum Gasteiger partial charge on any atom is 0.111 e. The molecule has 16 heavy (non-hydrogen) atoms. The smallest absolute Gasteiger partial charge is 0.111 e. The minimum atomic E-state index is -0.000443. The number of unbranched alkanes of at least 4 members (excludes halogenated alkanes) is 1. The quantitative estimate of drug-likeness (QED) is 0.773. The van der Waals surface area contributed by atoms with Crippen LogP contribution < -0.4 is 0 Å². The topological polar surface area (TPSA) is 50.9 Å². The van der Waals surface area contributed by atoms with Crippen LogP contribution in [0.2, 0.25) is 0 Å². The van der Waals surface area contributed by atoms with E-state index in [0.29, 0.717) is 5.92 Å². The van der Waals surface area contributed by atoms with Gasteiger partial charge in [0, 0.05) is 6.54 Å². The van der Waals surface area contributed by atoms with Gasteiger partial charge in [-0.25, -0.2) is 4.68 Å². The zero-order chi connectivity index (χ0) is 12.0. The summed E-state index contributed by atoms with van der Waals surface area (Å²) >= 11 is 0. The van der Waals surface area contributed by atoms with Crippen LogP contribution in [0.1, 0.15) is 51.4 Å². The fourth-order valence-corrected chi connectivity index (χ4v) is 1.68. The van der Waals surface area contributed by atoms with Gasteiger partial charge in [-0.3, -0.25) is 0 Å². The zero-order valence-corrected chi connectivity index (χ0v) is 10.6. The molecule has 4 nitrogen and oxygen atoms in total. The predicted octanol–water partition coefficient (Wildman–Crippen LogP) is 2.16. The minimum Gasteiger partial charge on any atom is -0.390 e. The van der Waals surface area contributed by atoms with Gasteiger partial charge in [0.2, 0.25) is 0 Å². The molecule has 0 unspecified atom stereocenters. The molecule has 92 valence electrons. The van der Waals surface area contributed by atoms with E-state index in [1.165, 1.54) is 0 Å². The molecule has 0 spiro atoms. The van der Waals surface area contributed by atoms with Crippen LogP contribution in [-0.2, 0) is 19.6 Å². The van der Waals surface area contributed by atoms with Crippen LogP contribution in [0.15, 0.2) is 0 Å². The van der Waals surface area contributed by atoms with Crippen LogP contribution >= 0.6 is 0 Å². The molecule has 0 fully saturated rings. The lowest BCUT2D eigenvalue weighted by molar-refractivity contribution is 0.275. The Morgan fingerprint density at radius 2 is 2.12 bits per heavy atom. The first-order valence-corrected chi connectivity index (χ1v) is 6.21. The van der Waals surface area contributed by atoms with Gasteiger partial charge in [-0.15, -0.1) is 5.10 Å². The van der Waals surface area contributed by atoms with E-state index in [1.54, 1.807) is 0 Å². The molecular weight excluding hydrogens is 202 g/mol. The first kappa shape index (κ1) is 13.2. The van der Waals surface area contributed by atoms with Crippen molar-refractivity contribution in [3.05, 3.63) is 11.4 Å². The molecular formula is C12H23N3O. The van der Waals surface area contributed by atoms with Crippen LogP contribution in [0, 0.1) is 5.92 Å². The third-order valence-corrected chi connectivity index (χ3v) is 2.75. The molecule has 0 amide bonds. The second-order valence-corrected chi connectivity index (χ2v) is 4.65. The van der Waals surface area contributed by atoms with E-state index in [1.807, 2.05) is 4.68 Å². The third kappa shape index (κ3) is 3.59. The van der Waals surface area contributed by atoms with Gasteiger partial charge in [-0.2, -0.15) is 0 Å². The Hall–Kier alpha value is -0.900. The van der Waals surface area contributed by atoms with Crippen molar-refractivity contribution in [3.8, 4) is 0 Å². The van der Waals surface area contributed by atoms with E-state index in [2.05, 4.69) is 31.1 Å². The molecule has 0 aliphatic heterocycles. The number of aliphatic hydroxyl groups is 1. The standard InChI is InChI=1S/C12H23N3O/c1-4-5-8-15-12(7-6-10(2)3)11(9-16)13-14-15/h10,16H,4-9H2,1-3H3. The van der Waals surface area contributed by atoms with Gasteiger partial charge < -0.3 is 5.11 Å². The number of rotatable bonds is 7. The van der Waals surface area contributed by atoms with Crippen molar-refractivity contribution in [2.75, 3.05) is 0 Å². The second kappa shape index (κ2) is 6.63. The van der Waals surface area contributed by atoms with Crippen molar-refractivity contribution < 1.29 is 5.11 Å². The molecule has 0 atom stereocenters. The summed E-state index contributed by atoms with van der Waals surface area (Å²) in [7, 11) is 0. The van der Waals surface area contributed by atoms with E-state index in [-0.39, 0.29) is 6.61 Å². The highest BCUT2D eigenvalue weighted by atomic mass is 16.3. The van der Waals surface area contributed by atoms with Gasteiger partial charge >= 0.3 is 0 Å². The van der Waals surface area contributed by atoms with Crippen LogP contribution in [0.3, 0.4) is 0 Å². The molecule has 0 aliphatic rings. The van der Waals surface area contributed by atoms with Gasteiger partial charge in [-0.05, 0) is 25.2 Å². The SMILES string of the molecule is CCCCn1nnc(CO)c1CCC(C)C. The second-order valence-electron chi connectivity index (χ2n) is 4.65. The fraction of sp³-hybridized carbons (Fsp3) is 0.833. The molecule has 1 heterocycles. The highest BCUT2D eigenvalue weighted by molar-refractivity contribution is 5.09. The lowest BCUT2D eigenvalue weighted by atomic mass is 10.1. The summed E-state index contributed by atoms with van der Waals surface area (Å²) in [6, 6.07) is 0. The molecule has 0 radical (unpaired) electrons. The van der Waals surface area contributed by atoms with Crippen molar-refractivity contribution in [1.82, 2.24) is 15.0 Å². The highest BCUT2D eigenvalue weighted by Gasteiger charge is 2.11. The molecule has 0 aliphatic carbocycles. The third-order valence-electron chi connectivity index (χ3n) is 2.75. The van der Waals surface area contributed by atoms with Crippen molar-refractivity contribution in [3.63, 3.8) is 0 Å². The molecule has 0 bridgehead atoms. The van der Waals surface area contributed by atoms with Gasteiger partial charge in [0.15, 0.2) is 0 Å². The Kier molecular flexibility index (Phi) is 5.46. The number of nitrogens with zero attached hydrogens (tertiary/aromatic N) is 3. The zero-order valence-electron chi connectivity index (χ0n) is 10.6. The summed E-state index contributed by atoms with van der Waals surface area (Å²) < 4.78 is 1.96. The molecule has 1 N–H and O–H groups in total. The van der Waals surface area contributed by atoms with Crippen LogP contribution in [0.4, 0.5) is 0 Å². The molecule has 1 aromatic rings. The maximum absolute atomic E-state index is 9.21. The molecule has 4 heteroatoms. The largest absolute Gasteiger partial charge is 0.390 e. The average Bonchev–Trinajstić information content (AvgIpc) is 2.65. The lowest BCUT2D eigenvalue weighted by Crippen LogP contribution is -2.07. The Morgan fingerprint density at radius 1 is 1.38 bits per heavy atom. The normalized spacial score (nSPS) is 11.3. The van der Waals surface area contributed by atoms with Crippen molar-refractivity contribution in [1.29, 1.82) is 0 Å². The summed E-state index contributed by atoms with van der Waals surface area (Å²) in [6.07, 6.45) is 4.34. The van der Waals surface area contributed by atoms with Crippen molar-refractivity contribution >= 4 is 0 Å². The summed E-state index contributed by atoms with van der Waals surface area (Å²) in [4.78, 5) is 0. The number of aromatic nitrogens is 3. The van der Waals surface area contributed by atoms with Gasteiger partial charge in [0.1, 0.15) is 5.69 Å². The van der Waals surface area contributed by atoms with Gasteiger partial charge in [-0.1, -0.05) is 32.4 Å². The Morgan fingerprint density at radius 3 is 2.69 bits per heavy atom. The van der Waals surface area contributed by atoms with Gasteiger partial charge in [0.05, 0.1) is 12.3 Å². The first-order valence-electron chi connectivity index (χ1n) is 6.21. The van der Waals surface area contributed by atoms with Crippen molar-refractivity contribution in [2.24, 2.45) is 5.92 Å². The monoisotopic (exact) mass is 225 g/mol. The average molecular weight is 225 g/mol. The van der Waals surface area contributed by atoms with Crippen LogP contribution in [0.25, 0.3) is 0 Å². The predicted molar refractivity (Wildman–Crippen MR) is 64.0 cm³/mol. The molecule has 1 rings (SSSR count). The number of aryl methyl sites for hydroxylation is 1. The summed E-state index contributed by atoms with van der Waals surface area (Å²) in [5, 5.41) is 17.3. The van der Waals surface area contributed by atoms with E-state index >= 15 is 0 Å². The molecule has 0 aromatic carbocycles. The molecule has 0 saturated heterocycles. The maximum atomic E-state index is 9.21. The number of aliphatic hydroxyl groups excluding tert-OH is 1. The Bertz CT molecular complexity index is 307. The Balaban J connectivity index is 2.71. The first-order chi connectivity index (χ1) is 7.69. The van der Waals surface area contributed by atoms with Crippen molar-refractivity contribution in [2.45, 2.75) is 59.6 Å². The number of hydrogen-bond donors (Lipinski definition) is 1. The summed E-state index contributed by atoms with van der Waals surface area (Å²) in [5.74, 6) is 0.668. The minimum absolute atomic E-state index is 0.000443. The lowest BCUT2D eigenvalue weighted by Gasteiger charge is -2.08. The van der Waals surface area contributed by atoms with E-state index < -0.39 is 0 Å². The van der Waals surface area contributed by atoms with Crippen LogP contribution in [-0.4, -0.2) is 20.1 Å². The number of hydrogen-bond acceptors (Lipinski definition) is 3. The van der Waals surface area contributed by atoms with Crippen LogP contribution in [0.5, 0.6) is 0 Å². The van der Waals surface area contributed by atoms with E-state index in [4.69, 9.17) is 0 Å². The summed E-state index contributed by atoms with van der Waals surface area (Å²) in [5.41, 5.74) is 1.86. The van der Waals surface area contributed by atoms with E-state index in [0.717, 1.165) is 43.6 Å². The molecule has 0 saturated carbocycles. The highest BCUT2D eigenvalue weighted by Crippen LogP contribution is 2.13. The van der Waals surface area contributed by atoms with Gasteiger partial charge in [0.25, 0.3) is 0 Å². The Labute approximate surface area is 97.7 Å². The fourth-order valence-electron chi connectivity index (χ4n) is 1.68. The summed E-state index contributed by atoms with van der Waals surface area (Å²) in [6.45, 7) is 7.49. The van der Waals surface area contributed by atoms with E-state index in [9.17, 15) is 5.11 Å². The molecule has 1 aromatic heterocycles.